The van der Waals surface area contributed by atoms with Crippen molar-refractivity contribution in [3.63, 3.8) is 0 Å². The van der Waals surface area contributed by atoms with E-state index in [1.54, 1.807) is 25.1 Å². The van der Waals surface area contributed by atoms with Crippen molar-refractivity contribution in [2.45, 2.75) is 53.1 Å². The standard InChI is InChI=1S/C24H29FN2O4S/c1-15(2)12-17-10-11-19(13-20(17)25)29-16(3)26-32-27(6)23(28)30-21-9-7-8-18-14-24(4,5)31-22(18)21/h7-11,13,15H,12,14H2,1-6H3/b26-16+. The number of para-hydroxylation sites is 1. The normalized spacial score (nSPS) is 14.7. The fourth-order valence-corrected chi connectivity index (χ4v) is 3.74. The van der Waals surface area contributed by atoms with Crippen molar-refractivity contribution in [2.75, 3.05) is 7.05 Å². The lowest BCUT2D eigenvalue weighted by atomic mass is 10.0. The van der Waals surface area contributed by atoms with E-state index in [4.69, 9.17) is 14.2 Å². The van der Waals surface area contributed by atoms with Gasteiger partial charge in [-0.3, -0.25) is 0 Å². The highest BCUT2D eigenvalue weighted by molar-refractivity contribution is 7.96. The molecule has 0 saturated carbocycles. The minimum absolute atomic E-state index is 0.274. The molecule has 0 bridgehead atoms. The van der Waals surface area contributed by atoms with Crippen molar-refractivity contribution < 1.29 is 23.4 Å². The van der Waals surface area contributed by atoms with Crippen molar-refractivity contribution in [3.8, 4) is 17.2 Å². The molecule has 172 valence electrons. The van der Waals surface area contributed by atoms with Gasteiger partial charge in [-0.2, -0.15) is 4.40 Å². The average molecular weight is 461 g/mol. The molecule has 0 aliphatic carbocycles. The van der Waals surface area contributed by atoms with E-state index in [1.807, 2.05) is 39.8 Å². The molecule has 3 rings (SSSR count). The van der Waals surface area contributed by atoms with E-state index in [0.29, 0.717) is 35.2 Å². The van der Waals surface area contributed by atoms with Gasteiger partial charge in [0.1, 0.15) is 29.3 Å². The molecule has 6 nitrogen and oxygen atoms in total. The smallest absolute Gasteiger partial charge is 0.426 e. The van der Waals surface area contributed by atoms with Crippen LogP contribution in [0.3, 0.4) is 0 Å². The molecule has 0 fully saturated rings. The summed E-state index contributed by atoms with van der Waals surface area (Å²) >= 11 is 0.867. The Balaban J connectivity index is 1.57. The number of amides is 1. The maximum Gasteiger partial charge on any atom is 0.426 e. The van der Waals surface area contributed by atoms with Gasteiger partial charge in [0, 0.05) is 32.0 Å². The molecule has 32 heavy (non-hydrogen) atoms. The van der Waals surface area contributed by atoms with Crippen LogP contribution >= 0.6 is 12.1 Å². The zero-order chi connectivity index (χ0) is 23.5. The van der Waals surface area contributed by atoms with Gasteiger partial charge < -0.3 is 14.2 Å². The Morgan fingerprint density at radius 1 is 1.28 bits per heavy atom. The van der Waals surface area contributed by atoms with Gasteiger partial charge in [0.05, 0.1) is 0 Å². The predicted molar refractivity (Wildman–Crippen MR) is 125 cm³/mol. The predicted octanol–water partition coefficient (Wildman–Crippen LogP) is 6.23. The molecule has 0 atom stereocenters. The third-order valence-electron chi connectivity index (χ3n) is 4.72. The first-order chi connectivity index (χ1) is 15.0. The average Bonchev–Trinajstić information content (AvgIpc) is 3.03. The Hall–Kier alpha value is -2.74. The van der Waals surface area contributed by atoms with Gasteiger partial charge in [0.25, 0.3) is 0 Å². The van der Waals surface area contributed by atoms with Crippen LogP contribution < -0.4 is 14.2 Å². The molecule has 1 heterocycles. The molecule has 0 saturated heterocycles. The summed E-state index contributed by atoms with van der Waals surface area (Å²) in [6.45, 7) is 9.69. The van der Waals surface area contributed by atoms with Gasteiger partial charge in [-0.1, -0.05) is 32.0 Å². The second-order valence-electron chi connectivity index (χ2n) is 8.79. The van der Waals surface area contributed by atoms with Crippen LogP contribution in [-0.2, 0) is 12.8 Å². The molecular formula is C24H29FN2O4S. The van der Waals surface area contributed by atoms with E-state index >= 15 is 0 Å². The van der Waals surface area contributed by atoms with Gasteiger partial charge in [0.2, 0.25) is 0 Å². The van der Waals surface area contributed by atoms with Crippen molar-refractivity contribution in [1.82, 2.24) is 4.31 Å². The van der Waals surface area contributed by atoms with Crippen LogP contribution in [0, 0.1) is 11.7 Å². The fraction of sp³-hybridized carbons (Fsp3) is 0.417. The molecule has 0 N–H and O–H groups in total. The lowest BCUT2D eigenvalue weighted by molar-refractivity contribution is 0.132. The van der Waals surface area contributed by atoms with Crippen LogP contribution in [0.1, 0.15) is 45.7 Å². The Morgan fingerprint density at radius 2 is 2.03 bits per heavy atom. The summed E-state index contributed by atoms with van der Waals surface area (Å²) in [4.78, 5) is 12.5. The Bertz CT molecular complexity index is 1020. The number of carbonyl (C=O) groups excluding carboxylic acids is 1. The van der Waals surface area contributed by atoms with E-state index in [-0.39, 0.29) is 17.3 Å². The van der Waals surface area contributed by atoms with E-state index in [2.05, 4.69) is 4.40 Å². The number of benzene rings is 2. The molecule has 1 aliphatic heterocycles. The molecule has 2 aromatic rings. The van der Waals surface area contributed by atoms with Crippen LogP contribution in [0.15, 0.2) is 40.8 Å². The second kappa shape index (κ2) is 9.81. The summed E-state index contributed by atoms with van der Waals surface area (Å²) < 4.78 is 36.6. The number of fused-ring (bicyclic) bond motifs is 1. The van der Waals surface area contributed by atoms with Crippen LogP contribution in [0.4, 0.5) is 9.18 Å². The first-order valence-electron chi connectivity index (χ1n) is 10.5. The highest BCUT2D eigenvalue weighted by Crippen LogP contribution is 2.42. The molecule has 0 radical (unpaired) electrons. The molecule has 0 spiro atoms. The molecule has 8 heteroatoms. The van der Waals surface area contributed by atoms with Gasteiger partial charge >= 0.3 is 6.09 Å². The second-order valence-corrected chi connectivity index (χ2v) is 9.69. The molecule has 1 aliphatic rings. The number of halogens is 1. The van der Waals surface area contributed by atoms with Crippen LogP contribution in [0.25, 0.3) is 0 Å². The summed E-state index contributed by atoms with van der Waals surface area (Å²) in [5.41, 5.74) is 1.32. The highest BCUT2D eigenvalue weighted by atomic mass is 32.2. The Labute approximate surface area is 193 Å². The Kier molecular flexibility index (Phi) is 7.33. The number of carbonyl (C=O) groups is 1. The number of hydrogen-bond acceptors (Lipinski definition) is 6. The first kappa shape index (κ1) is 23.9. The van der Waals surface area contributed by atoms with Gasteiger partial charge in [-0.15, -0.1) is 0 Å². The number of rotatable bonds is 6. The number of ether oxygens (including phenoxy) is 3. The van der Waals surface area contributed by atoms with E-state index in [0.717, 1.165) is 24.1 Å². The maximum atomic E-state index is 14.2. The summed E-state index contributed by atoms with van der Waals surface area (Å²) in [7, 11) is 1.54. The topological polar surface area (TPSA) is 60.4 Å². The van der Waals surface area contributed by atoms with Gasteiger partial charge in [-0.25, -0.2) is 13.5 Å². The summed E-state index contributed by atoms with van der Waals surface area (Å²) in [6.07, 6.45) is 0.810. The third-order valence-corrected chi connectivity index (χ3v) is 5.45. The number of nitrogens with zero attached hydrogens (tertiary/aromatic N) is 2. The molecular weight excluding hydrogens is 431 g/mol. The zero-order valence-electron chi connectivity index (χ0n) is 19.3. The molecule has 0 unspecified atom stereocenters. The lowest BCUT2D eigenvalue weighted by Gasteiger charge is -2.18. The largest absolute Gasteiger partial charge is 0.483 e. The minimum atomic E-state index is -0.600. The molecule has 1 amide bonds. The van der Waals surface area contributed by atoms with Crippen LogP contribution in [0.5, 0.6) is 17.2 Å². The fourth-order valence-electron chi connectivity index (χ4n) is 3.36. The summed E-state index contributed by atoms with van der Waals surface area (Å²) in [5, 5.41) is 0. The summed E-state index contributed by atoms with van der Waals surface area (Å²) in [6, 6.07) is 10.3. The minimum Gasteiger partial charge on any atom is -0.483 e. The van der Waals surface area contributed by atoms with Crippen LogP contribution in [-0.4, -0.2) is 28.9 Å². The van der Waals surface area contributed by atoms with Gasteiger partial charge in [0.15, 0.2) is 17.4 Å². The molecule has 2 aromatic carbocycles. The zero-order valence-corrected chi connectivity index (χ0v) is 20.1. The highest BCUT2D eigenvalue weighted by Gasteiger charge is 2.33. The van der Waals surface area contributed by atoms with E-state index in [1.165, 1.54) is 17.4 Å². The van der Waals surface area contributed by atoms with Gasteiger partial charge in [-0.05, 0) is 43.9 Å². The molecule has 0 aromatic heterocycles. The summed E-state index contributed by atoms with van der Waals surface area (Å²) in [5.74, 6) is 1.65. The number of hydrogen-bond donors (Lipinski definition) is 0. The maximum absolute atomic E-state index is 14.2. The first-order valence-corrected chi connectivity index (χ1v) is 11.2. The van der Waals surface area contributed by atoms with Crippen LogP contribution in [0.2, 0.25) is 0 Å². The third kappa shape index (κ3) is 6.16. The van der Waals surface area contributed by atoms with Crippen molar-refractivity contribution in [1.29, 1.82) is 0 Å². The monoisotopic (exact) mass is 460 g/mol. The van der Waals surface area contributed by atoms with E-state index in [9.17, 15) is 9.18 Å². The van der Waals surface area contributed by atoms with Crippen molar-refractivity contribution in [3.05, 3.63) is 53.3 Å². The van der Waals surface area contributed by atoms with E-state index < -0.39 is 6.09 Å². The van der Waals surface area contributed by atoms with Crippen molar-refractivity contribution in [2.24, 2.45) is 10.3 Å². The quantitative estimate of drug-likeness (QED) is 0.291. The Morgan fingerprint density at radius 3 is 2.72 bits per heavy atom. The SMILES string of the molecule is C/C(=N\SN(C)C(=O)Oc1cccc2c1OC(C)(C)C2)Oc1ccc(CC(C)C)c(F)c1. The lowest BCUT2D eigenvalue weighted by Crippen LogP contribution is -2.25. The van der Waals surface area contributed by atoms with Crippen molar-refractivity contribution >= 4 is 24.1 Å².